The lowest BCUT2D eigenvalue weighted by Crippen LogP contribution is -2.17. The van der Waals surface area contributed by atoms with E-state index in [0.717, 1.165) is 6.42 Å². The minimum atomic E-state index is -0.592. The molecule has 0 fully saturated rings. The second kappa shape index (κ2) is 6.05. The van der Waals surface area contributed by atoms with Crippen LogP contribution in [0.5, 0.6) is 0 Å². The van der Waals surface area contributed by atoms with Crippen molar-refractivity contribution in [3.05, 3.63) is 33.4 Å². The fourth-order valence-corrected chi connectivity index (χ4v) is 1.62. The molecule has 0 aliphatic carbocycles. The number of halogens is 1. The standard InChI is InChI=1S/C10H14N4O2.ClH/c1-2-3-6-4-5-7(11)9(14(15)16)8(6)10(12)13;/h4-5H,2-3,11H2,1H3,(H3,12,13);1H. The predicted molar refractivity (Wildman–Crippen MR) is 69.8 cm³/mol. The van der Waals surface area contributed by atoms with E-state index in [1.54, 1.807) is 6.07 Å². The second-order valence-corrected chi connectivity index (χ2v) is 3.46. The molecule has 0 aliphatic rings. The first-order valence-corrected chi connectivity index (χ1v) is 4.89. The lowest BCUT2D eigenvalue weighted by Gasteiger charge is -2.09. The molecule has 0 saturated heterocycles. The molecule has 0 aromatic heterocycles. The van der Waals surface area contributed by atoms with E-state index in [9.17, 15) is 10.1 Å². The smallest absolute Gasteiger partial charge is 0.303 e. The first-order valence-electron chi connectivity index (χ1n) is 4.89. The topological polar surface area (TPSA) is 119 Å². The average Bonchev–Trinajstić information content (AvgIpc) is 2.19. The third kappa shape index (κ3) is 3.07. The Morgan fingerprint density at radius 2 is 2.12 bits per heavy atom. The quantitative estimate of drug-likeness (QED) is 0.251. The molecule has 1 aromatic rings. The van der Waals surface area contributed by atoms with Crippen LogP contribution in [0.3, 0.4) is 0 Å². The number of nitro benzene ring substituents is 1. The third-order valence-electron chi connectivity index (χ3n) is 2.27. The normalized spacial score (nSPS) is 9.47. The summed E-state index contributed by atoms with van der Waals surface area (Å²) in [7, 11) is 0. The van der Waals surface area contributed by atoms with Crippen LogP contribution in [-0.4, -0.2) is 10.8 Å². The number of benzene rings is 1. The molecule has 17 heavy (non-hydrogen) atoms. The maximum absolute atomic E-state index is 10.9. The molecule has 0 atom stereocenters. The van der Waals surface area contributed by atoms with Crippen LogP contribution in [0.25, 0.3) is 0 Å². The summed E-state index contributed by atoms with van der Waals surface area (Å²) in [5.41, 5.74) is 11.5. The van der Waals surface area contributed by atoms with Crippen LogP contribution < -0.4 is 11.5 Å². The summed E-state index contributed by atoms with van der Waals surface area (Å²) >= 11 is 0. The van der Waals surface area contributed by atoms with Crippen molar-refractivity contribution in [3.8, 4) is 0 Å². The van der Waals surface area contributed by atoms with Crippen LogP contribution in [0.1, 0.15) is 24.5 Å². The molecular formula is C10H15ClN4O2. The molecule has 0 saturated carbocycles. The van der Waals surface area contributed by atoms with E-state index in [2.05, 4.69) is 0 Å². The summed E-state index contributed by atoms with van der Waals surface area (Å²) in [4.78, 5) is 10.3. The van der Waals surface area contributed by atoms with Gasteiger partial charge in [0.15, 0.2) is 0 Å². The fourth-order valence-electron chi connectivity index (χ4n) is 1.62. The molecule has 0 aliphatic heterocycles. The molecule has 0 spiro atoms. The van der Waals surface area contributed by atoms with E-state index in [1.807, 2.05) is 6.92 Å². The maximum atomic E-state index is 10.9. The van der Waals surface area contributed by atoms with Crippen LogP contribution in [0.2, 0.25) is 0 Å². The van der Waals surface area contributed by atoms with E-state index in [1.165, 1.54) is 6.07 Å². The number of hydrogen-bond donors (Lipinski definition) is 3. The van der Waals surface area contributed by atoms with Crippen molar-refractivity contribution in [2.75, 3.05) is 5.73 Å². The van der Waals surface area contributed by atoms with Gasteiger partial charge in [0.05, 0.1) is 10.5 Å². The van der Waals surface area contributed by atoms with Crippen molar-refractivity contribution < 1.29 is 4.92 Å². The van der Waals surface area contributed by atoms with Crippen LogP contribution in [0, 0.1) is 15.5 Å². The Balaban J connectivity index is 0.00000256. The number of hydrogen-bond acceptors (Lipinski definition) is 4. The summed E-state index contributed by atoms with van der Waals surface area (Å²) in [6, 6.07) is 3.16. The lowest BCUT2D eigenvalue weighted by molar-refractivity contribution is -0.384. The zero-order valence-electron chi connectivity index (χ0n) is 9.40. The molecule has 6 nitrogen and oxygen atoms in total. The van der Waals surface area contributed by atoms with Crippen LogP contribution >= 0.6 is 12.4 Å². The largest absolute Gasteiger partial charge is 0.393 e. The average molecular weight is 259 g/mol. The Hall–Kier alpha value is -1.82. The molecule has 1 aromatic carbocycles. The van der Waals surface area contributed by atoms with Crippen LogP contribution in [0.4, 0.5) is 11.4 Å². The first kappa shape index (κ1) is 15.2. The van der Waals surface area contributed by atoms with Gasteiger partial charge >= 0.3 is 5.69 Å². The Bertz CT molecular complexity index is 448. The van der Waals surface area contributed by atoms with E-state index < -0.39 is 4.92 Å². The Morgan fingerprint density at radius 1 is 1.53 bits per heavy atom. The monoisotopic (exact) mass is 258 g/mol. The van der Waals surface area contributed by atoms with E-state index in [0.29, 0.717) is 12.0 Å². The van der Waals surface area contributed by atoms with Gasteiger partial charge in [0, 0.05) is 0 Å². The molecule has 0 heterocycles. The van der Waals surface area contributed by atoms with E-state index >= 15 is 0 Å². The summed E-state index contributed by atoms with van der Waals surface area (Å²) in [6.45, 7) is 1.95. The number of nitrogen functional groups attached to an aromatic ring is 2. The Labute approximate surface area is 105 Å². The summed E-state index contributed by atoms with van der Waals surface area (Å²) < 4.78 is 0. The summed E-state index contributed by atoms with van der Waals surface area (Å²) in [6.07, 6.45) is 1.46. The van der Waals surface area contributed by atoms with Crippen molar-refractivity contribution in [2.24, 2.45) is 5.73 Å². The molecular weight excluding hydrogens is 244 g/mol. The van der Waals surface area contributed by atoms with Gasteiger partial charge in [0.1, 0.15) is 11.5 Å². The number of nitro groups is 1. The molecule has 94 valence electrons. The highest BCUT2D eigenvalue weighted by Gasteiger charge is 2.23. The van der Waals surface area contributed by atoms with Gasteiger partial charge in [-0.05, 0) is 18.1 Å². The minimum absolute atomic E-state index is 0. The van der Waals surface area contributed by atoms with E-state index in [-0.39, 0.29) is 35.2 Å². The van der Waals surface area contributed by atoms with Crippen molar-refractivity contribution in [2.45, 2.75) is 19.8 Å². The first-order chi connectivity index (χ1) is 7.49. The van der Waals surface area contributed by atoms with Gasteiger partial charge in [-0.3, -0.25) is 15.5 Å². The minimum Gasteiger partial charge on any atom is -0.393 e. The number of rotatable bonds is 4. The van der Waals surface area contributed by atoms with Gasteiger partial charge in [0.2, 0.25) is 0 Å². The number of amidine groups is 1. The highest BCUT2D eigenvalue weighted by atomic mass is 35.5. The second-order valence-electron chi connectivity index (χ2n) is 3.46. The molecule has 7 heteroatoms. The molecule has 5 N–H and O–H groups in total. The van der Waals surface area contributed by atoms with Crippen molar-refractivity contribution in [1.82, 2.24) is 0 Å². The number of nitrogens with zero attached hydrogens (tertiary/aromatic N) is 1. The highest BCUT2D eigenvalue weighted by Crippen LogP contribution is 2.29. The van der Waals surface area contributed by atoms with Gasteiger partial charge in [-0.1, -0.05) is 19.4 Å². The van der Waals surface area contributed by atoms with E-state index in [4.69, 9.17) is 16.9 Å². The predicted octanol–water partition coefficient (Wildman–Crippen LogP) is 1.84. The van der Waals surface area contributed by atoms with Gasteiger partial charge in [-0.15, -0.1) is 12.4 Å². The van der Waals surface area contributed by atoms with Gasteiger partial charge < -0.3 is 11.5 Å². The number of nitrogens with two attached hydrogens (primary N) is 2. The third-order valence-corrected chi connectivity index (χ3v) is 2.27. The molecule has 0 amide bonds. The van der Waals surface area contributed by atoms with Crippen LogP contribution in [0.15, 0.2) is 12.1 Å². The summed E-state index contributed by atoms with van der Waals surface area (Å²) in [5.74, 6) is -0.317. The Morgan fingerprint density at radius 3 is 2.53 bits per heavy atom. The Kier molecular flexibility index (Phi) is 5.40. The van der Waals surface area contributed by atoms with Gasteiger partial charge in [0.25, 0.3) is 0 Å². The molecule has 0 radical (unpaired) electrons. The fraction of sp³-hybridized carbons (Fsp3) is 0.300. The van der Waals surface area contributed by atoms with Crippen LogP contribution in [-0.2, 0) is 6.42 Å². The van der Waals surface area contributed by atoms with Gasteiger partial charge in [-0.2, -0.15) is 0 Å². The van der Waals surface area contributed by atoms with Crippen molar-refractivity contribution in [1.29, 1.82) is 5.41 Å². The molecule has 0 unspecified atom stereocenters. The number of anilines is 1. The molecule has 0 bridgehead atoms. The SMILES string of the molecule is CCCc1ccc(N)c([N+](=O)[O-])c1C(=N)N.Cl. The highest BCUT2D eigenvalue weighted by molar-refractivity contribution is 6.02. The number of nitrogens with one attached hydrogen (secondary N) is 1. The lowest BCUT2D eigenvalue weighted by atomic mass is 9.99. The van der Waals surface area contributed by atoms with Crippen molar-refractivity contribution in [3.63, 3.8) is 0 Å². The zero-order chi connectivity index (χ0) is 12.3. The molecule has 1 rings (SSSR count). The zero-order valence-corrected chi connectivity index (χ0v) is 10.2. The van der Waals surface area contributed by atoms with Gasteiger partial charge in [-0.25, -0.2) is 0 Å². The van der Waals surface area contributed by atoms with Crippen molar-refractivity contribution >= 4 is 29.6 Å². The summed E-state index contributed by atoms with van der Waals surface area (Å²) in [5, 5.41) is 18.3. The maximum Gasteiger partial charge on any atom is 0.303 e. The number of aryl methyl sites for hydroxylation is 1.